The topological polar surface area (TPSA) is 67.5 Å². The van der Waals surface area contributed by atoms with E-state index in [2.05, 4.69) is 10.2 Å². The van der Waals surface area contributed by atoms with Gasteiger partial charge < -0.3 is 5.11 Å². The molecular formula is C14H9ClFN3O2. The number of hydrogen-bond donors (Lipinski definition) is 1. The van der Waals surface area contributed by atoms with Gasteiger partial charge in [0.1, 0.15) is 5.82 Å². The summed E-state index contributed by atoms with van der Waals surface area (Å²) in [6.07, 6.45) is 1.36. The van der Waals surface area contributed by atoms with Gasteiger partial charge in [-0.1, -0.05) is 17.7 Å². The largest absolute Gasteiger partial charge is 0.478 e. The van der Waals surface area contributed by atoms with E-state index in [0.29, 0.717) is 17.0 Å². The fourth-order valence-electron chi connectivity index (χ4n) is 2.09. The predicted octanol–water partition coefficient (Wildman–Crippen LogP) is 3.20. The lowest BCUT2D eigenvalue weighted by Crippen LogP contribution is -2.01. The van der Waals surface area contributed by atoms with Crippen LogP contribution in [0.1, 0.15) is 15.9 Å². The molecule has 0 saturated heterocycles. The monoisotopic (exact) mass is 305 g/mol. The van der Waals surface area contributed by atoms with E-state index in [9.17, 15) is 9.18 Å². The van der Waals surface area contributed by atoms with Gasteiger partial charge in [0.25, 0.3) is 0 Å². The first-order chi connectivity index (χ1) is 9.97. The molecule has 0 saturated carbocycles. The fourth-order valence-corrected chi connectivity index (χ4v) is 2.34. The molecule has 3 rings (SSSR count). The van der Waals surface area contributed by atoms with Gasteiger partial charge in [-0.2, -0.15) is 0 Å². The van der Waals surface area contributed by atoms with Crippen LogP contribution in [-0.4, -0.2) is 25.7 Å². The van der Waals surface area contributed by atoms with Crippen LogP contribution in [0, 0.1) is 12.7 Å². The molecule has 0 unspecified atom stereocenters. The van der Waals surface area contributed by atoms with E-state index in [1.807, 2.05) is 0 Å². The number of aromatic carboxylic acids is 1. The molecule has 2 aromatic heterocycles. The lowest BCUT2D eigenvalue weighted by molar-refractivity contribution is 0.0696. The Morgan fingerprint density at radius 3 is 2.81 bits per heavy atom. The van der Waals surface area contributed by atoms with Crippen molar-refractivity contribution in [2.75, 3.05) is 0 Å². The normalized spacial score (nSPS) is 11.0. The third-order valence-corrected chi connectivity index (χ3v) is 3.43. The van der Waals surface area contributed by atoms with Gasteiger partial charge in [0.05, 0.1) is 10.6 Å². The van der Waals surface area contributed by atoms with Crippen molar-refractivity contribution in [3.05, 3.63) is 52.4 Å². The van der Waals surface area contributed by atoms with Crippen molar-refractivity contribution >= 4 is 23.2 Å². The summed E-state index contributed by atoms with van der Waals surface area (Å²) in [5.41, 5.74) is 1.64. The van der Waals surface area contributed by atoms with Crippen LogP contribution in [0.4, 0.5) is 4.39 Å². The zero-order valence-corrected chi connectivity index (χ0v) is 11.6. The number of aryl methyl sites for hydroxylation is 1. The second-order valence-electron chi connectivity index (χ2n) is 4.56. The standard InChI is InChI=1S/C14H9ClFN3O2/c1-7-2-3-9(16)5-10(7)12-17-18-13-11(15)4-8(14(20)21)6-19(12)13/h2-6H,1H3,(H,20,21). The molecule has 0 bridgehead atoms. The number of halogens is 2. The summed E-state index contributed by atoms with van der Waals surface area (Å²) in [6, 6.07) is 5.59. The molecule has 7 heteroatoms. The van der Waals surface area contributed by atoms with Gasteiger partial charge in [-0.05, 0) is 30.7 Å². The zero-order valence-electron chi connectivity index (χ0n) is 10.8. The van der Waals surface area contributed by atoms with E-state index < -0.39 is 11.8 Å². The highest BCUT2D eigenvalue weighted by atomic mass is 35.5. The molecule has 5 nitrogen and oxygen atoms in total. The summed E-state index contributed by atoms with van der Waals surface area (Å²) in [7, 11) is 0. The Morgan fingerprint density at radius 1 is 1.33 bits per heavy atom. The Kier molecular flexibility index (Phi) is 3.10. The van der Waals surface area contributed by atoms with Crippen LogP contribution in [0.5, 0.6) is 0 Å². The van der Waals surface area contributed by atoms with Crippen molar-refractivity contribution < 1.29 is 14.3 Å². The average molecular weight is 306 g/mol. The Morgan fingerprint density at radius 2 is 2.10 bits per heavy atom. The van der Waals surface area contributed by atoms with Crippen LogP contribution in [0.2, 0.25) is 5.02 Å². The lowest BCUT2D eigenvalue weighted by atomic mass is 10.1. The van der Waals surface area contributed by atoms with Crippen LogP contribution < -0.4 is 0 Å². The number of carboxylic acid groups (broad SMARTS) is 1. The first kappa shape index (κ1) is 13.5. The molecule has 3 aromatic rings. The molecule has 106 valence electrons. The third kappa shape index (κ3) is 2.23. The van der Waals surface area contributed by atoms with Crippen molar-refractivity contribution in [1.82, 2.24) is 14.6 Å². The maximum absolute atomic E-state index is 13.4. The average Bonchev–Trinajstić information content (AvgIpc) is 2.85. The van der Waals surface area contributed by atoms with Crippen molar-refractivity contribution in [2.45, 2.75) is 6.92 Å². The van der Waals surface area contributed by atoms with Crippen LogP contribution in [-0.2, 0) is 0 Å². The van der Waals surface area contributed by atoms with Crippen molar-refractivity contribution in [3.63, 3.8) is 0 Å². The molecule has 0 radical (unpaired) electrons. The number of hydrogen-bond acceptors (Lipinski definition) is 3. The van der Waals surface area contributed by atoms with E-state index in [1.54, 1.807) is 13.0 Å². The minimum Gasteiger partial charge on any atom is -0.478 e. The zero-order chi connectivity index (χ0) is 15.1. The smallest absolute Gasteiger partial charge is 0.337 e. The fraction of sp³-hybridized carbons (Fsp3) is 0.0714. The SMILES string of the molecule is Cc1ccc(F)cc1-c1nnc2c(Cl)cc(C(=O)O)cn12. The second kappa shape index (κ2) is 4.82. The Labute approximate surface area is 123 Å². The van der Waals surface area contributed by atoms with E-state index in [4.69, 9.17) is 16.7 Å². The first-order valence-electron chi connectivity index (χ1n) is 6.01. The number of carboxylic acids is 1. The van der Waals surface area contributed by atoms with Crippen LogP contribution in [0.3, 0.4) is 0 Å². The van der Waals surface area contributed by atoms with Gasteiger partial charge >= 0.3 is 5.97 Å². The van der Waals surface area contributed by atoms with Gasteiger partial charge in [-0.3, -0.25) is 4.40 Å². The van der Waals surface area contributed by atoms with Gasteiger partial charge in [0.2, 0.25) is 0 Å². The summed E-state index contributed by atoms with van der Waals surface area (Å²) in [6.45, 7) is 1.80. The first-order valence-corrected chi connectivity index (χ1v) is 6.39. The number of pyridine rings is 1. The molecule has 0 fully saturated rings. The predicted molar refractivity (Wildman–Crippen MR) is 75.1 cm³/mol. The van der Waals surface area contributed by atoms with Gasteiger partial charge in [-0.15, -0.1) is 10.2 Å². The van der Waals surface area contributed by atoms with Gasteiger partial charge in [-0.25, -0.2) is 9.18 Å². The van der Waals surface area contributed by atoms with Gasteiger partial charge in [0, 0.05) is 11.8 Å². The molecule has 0 aliphatic rings. The highest BCUT2D eigenvalue weighted by Gasteiger charge is 2.16. The molecule has 0 aliphatic heterocycles. The molecule has 21 heavy (non-hydrogen) atoms. The Bertz CT molecular complexity index is 876. The molecule has 0 spiro atoms. The van der Waals surface area contributed by atoms with Gasteiger partial charge in [0.15, 0.2) is 11.5 Å². The molecule has 0 amide bonds. The van der Waals surface area contributed by atoms with Crippen LogP contribution in [0.25, 0.3) is 17.0 Å². The number of fused-ring (bicyclic) bond motifs is 1. The van der Waals surface area contributed by atoms with Crippen LogP contribution in [0.15, 0.2) is 30.5 Å². The number of aromatic nitrogens is 3. The van der Waals surface area contributed by atoms with E-state index >= 15 is 0 Å². The molecular weight excluding hydrogens is 297 g/mol. The number of benzene rings is 1. The van der Waals surface area contributed by atoms with E-state index in [-0.39, 0.29) is 10.6 Å². The number of carbonyl (C=O) groups is 1. The highest BCUT2D eigenvalue weighted by Crippen LogP contribution is 2.26. The molecule has 1 N–H and O–H groups in total. The molecule has 1 aromatic carbocycles. The minimum absolute atomic E-state index is 0.00241. The summed E-state index contributed by atoms with van der Waals surface area (Å²) in [5.74, 6) is -1.19. The summed E-state index contributed by atoms with van der Waals surface area (Å²) in [5, 5.41) is 17.2. The lowest BCUT2D eigenvalue weighted by Gasteiger charge is -2.06. The van der Waals surface area contributed by atoms with Crippen molar-refractivity contribution in [1.29, 1.82) is 0 Å². The number of nitrogens with zero attached hydrogens (tertiary/aromatic N) is 3. The summed E-state index contributed by atoms with van der Waals surface area (Å²) < 4.78 is 14.9. The molecule has 0 aliphatic carbocycles. The highest BCUT2D eigenvalue weighted by molar-refractivity contribution is 6.33. The third-order valence-electron chi connectivity index (χ3n) is 3.15. The maximum Gasteiger partial charge on any atom is 0.337 e. The molecule has 2 heterocycles. The van der Waals surface area contributed by atoms with E-state index in [1.165, 1.54) is 28.8 Å². The maximum atomic E-state index is 13.4. The number of rotatable bonds is 2. The minimum atomic E-state index is -1.12. The van der Waals surface area contributed by atoms with Crippen molar-refractivity contribution in [3.8, 4) is 11.4 Å². The Balaban J connectivity index is 2.33. The second-order valence-corrected chi connectivity index (χ2v) is 4.97. The van der Waals surface area contributed by atoms with Crippen molar-refractivity contribution in [2.24, 2.45) is 0 Å². The van der Waals surface area contributed by atoms with E-state index in [0.717, 1.165) is 5.56 Å². The molecule has 0 atom stereocenters. The quantitative estimate of drug-likeness (QED) is 0.789. The summed E-state index contributed by atoms with van der Waals surface area (Å²) >= 11 is 6.02. The van der Waals surface area contributed by atoms with Crippen LogP contribution >= 0.6 is 11.6 Å². The summed E-state index contributed by atoms with van der Waals surface area (Å²) in [4.78, 5) is 11.1. The Hall–Kier alpha value is -2.47.